The Hall–Kier alpha value is -2.54. The van der Waals surface area contributed by atoms with Gasteiger partial charge in [-0.1, -0.05) is 77.5 Å². The minimum absolute atomic E-state index is 0. The minimum atomic E-state index is 0. The molecule has 0 spiro atoms. The maximum atomic E-state index is 10.5. The van der Waals surface area contributed by atoms with Crippen LogP contribution < -0.4 is 11.5 Å². The van der Waals surface area contributed by atoms with E-state index in [0.717, 1.165) is 11.8 Å². The minimum Gasteiger partial charge on any atom is -0.505 e. The predicted octanol–water partition coefficient (Wildman–Crippen LogP) is 9.92. The highest BCUT2D eigenvalue weighted by Gasteiger charge is 2.12. The fraction of sp³-hybridized carbons (Fsp3) is 0.615. The fourth-order valence-corrected chi connectivity index (χ4v) is 1.99. The summed E-state index contributed by atoms with van der Waals surface area (Å²) >= 11 is 0. The van der Waals surface area contributed by atoms with Crippen molar-refractivity contribution in [3.8, 4) is 5.75 Å². The van der Waals surface area contributed by atoms with E-state index in [1.54, 1.807) is 12.1 Å². The molecule has 0 aliphatic heterocycles. The Balaban J connectivity index is -0.000000128. The summed E-state index contributed by atoms with van der Waals surface area (Å²) in [4.78, 5) is 0. The molecule has 2 rings (SSSR count). The van der Waals surface area contributed by atoms with Crippen molar-refractivity contribution in [2.75, 3.05) is 12.8 Å². The van der Waals surface area contributed by atoms with Crippen LogP contribution in [0.2, 0.25) is 0 Å². The molecule has 33 heavy (non-hydrogen) atoms. The number of hydrogen-bond acceptors (Lipinski definition) is 7. The van der Waals surface area contributed by atoms with Crippen molar-refractivity contribution in [3.63, 3.8) is 0 Å². The highest BCUT2D eigenvalue weighted by molar-refractivity contribution is 6.04. The third-order valence-electron chi connectivity index (χ3n) is 3.50. The van der Waals surface area contributed by atoms with Gasteiger partial charge in [-0.2, -0.15) is 20.5 Å². The smallest absolute Gasteiger partial charge is 0.153 e. The fourth-order valence-electron chi connectivity index (χ4n) is 1.99. The first-order chi connectivity index (χ1) is 12.9. The number of nitrogen functional groups attached to an aromatic ring is 1. The molecular formula is C26H58N6O. The molecule has 5 N–H and O–H groups in total. The third kappa shape index (κ3) is 14.3. The van der Waals surface area contributed by atoms with E-state index in [2.05, 4.69) is 26.2 Å². The van der Waals surface area contributed by atoms with Crippen LogP contribution in [0.3, 0.4) is 0 Å². The van der Waals surface area contributed by atoms with Gasteiger partial charge in [-0.15, -0.1) is 0 Å². The van der Waals surface area contributed by atoms with E-state index in [0.29, 0.717) is 22.4 Å². The average molecular weight is 471 g/mol. The maximum absolute atomic E-state index is 10.5. The normalized spacial score (nSPS) is 9.85. The van der Waals surface area contributed by atoms with Crippen LogP contribution in [-0.2, 0) is 0 Å². The van der Waals surface area contributed by atoms with Crippen molar-refractivity contribution in [1.82, 2.24) is 0 Å². The van der Waals surface area contributed by atoms with Gasteiger partial charge in [0.25, 0.3) is 0 Å². The zero-order chi connectivity index (χ0) is 21.0. The number of rotatable bonds is 5. The zero-order valence-corrected chi connectivity index (χ0v) is 17.6. The molecule has 0 aliphatic carbocycles. The summed E-state index contributed by atoms with van der Waals surface area (Å²) in [6, 6.07) is 7.43. The van der Waals surface area contributed by atoms with E-state index in [4.69, 9.17) is 5.73 Å². The van der Waals surface area contributed by atoms with Crippen molar-refractivity contribution < 1.29 is 5.11 Å². The van der Waals surface area contributed by atoms with Gasteiger partial charge in [0, 0.05) is 0 Å². The summed E-state index contributed by atoms with van der Waals surface area (Å²) in [5.74, 6) is 0.0185. The van der Waals surface area contributed by atoms with Crippen LogP contribution in [0.15, 0.2) is 44.7 Å². The van der Waals surface area contributed by atoms with Gasteiger partial charge in [0.2, 0.25) is 0 Å². The molecule has 0 fully saturated rings. The molecular weight excluding hydrogens is 412 g/mol. The van der Waals surface area contributed by atoms with Crippen LogP contribution in [-0.4, -0.2) is 24.2 Å². The first-order valence-electron chi connectivity index (χ1n) is 9.37. The van der Waals surface area contributed by atoms with Gasteiger partial charge < -0.3 is 16.6 Å². The van der Waals surface area contributed by atoms with Crippen molar-refractivity contribution >= 4 is 27.8 Å². The number of azo groups is 2. The molecule has 198 valence electrons. The van der Waals surface area contributed by atoms with Gasteiger partial charge in [0.1, 0.15) is 11.4 Å². The van der Waals surface area contributed by atoms with Crippen molar-refractivity contribution in [1.29, 1.82) is 0 Å². The number of nitrogens with zero attached hydrogens (tertiary/aromatic N) is 4. The predicted molar refractivity (Wildman–Crippen MR) is 156 cm³/mol. The number of phenols is 1. The number of anilines is 1. The van der Waals surface area contributed by atoms with Crippen molar-refractivity contribution in [2.45, 2.75) is 105 Å². The second kappa shape index (κ2) is 25.7. The van der Waals surface area contributed by atoms with Crippen molar-refractivity contribution in [3.05, 3.63) is 24.3 Å². The first-order valence-corrected chi connectivity index (χ1v) is 9.37. The number of hydrogen-bond donors (Lipinski definition) is 3. The summed E-state index contributed by atoms with van der Waals surface area (Å²) in [5, 5.41) is 28.4. The molecule has 0 bridgehead atoms. The SMILES string of the molecule is C.C.C.C.C.C.CC.CCC(C)N=Nc1ccc2ccc(N=NC(C)C)c(O)c2c1N.CN. The van der Waals surface area contributed by atoms with E-state index in [9.17, 15) is 5.11 Å². The Morgan fingerprint density at radius 1 is 0.788 bits per heavy atom. The van der Waals surface area contributed by atoms with Gasteiger partial charge in [0.05, 0.1) is 23.2 Å². The largest absolute Gasteiger partial charge is 0.505 e. The van der Waals surface area contributed by atoms with Gasteiger partial charge in [-0.25, -0.2) is 0 Å². The molecule has 0 amide bonds. The lowest BCUT2D eigenvalue weighted by Crippen LogP contribution is -1.93. The summed E-state index contributed by atoms with van der Waals surface area (Å²) < 4.78 is 0. The number of benzene rings is 2. The average Bonchev–Trinajstić information content (AvgIpc) is 2.69. The molecule has 7 heteroatoms. The van der Waals surface area contributed by atoms with E-state index in [1.807, 2.05) is 53.7 Å². The summed E-state index contributed by atoms with van der Waals surface area (Å²) in [6.07, 6.45) is 0.905. The van der Waals surface area contributed by atoms with E-state index < -0.39 is 0 Å². The highest BCUT2D eigenvalue weighted by Crippen LogP contribution is 2.42. The molecule has 7 nitrogen and oxygen atoms in total. The number of aromatic hydroxyl groups is 1. The summed E-state index contributed by atoms with van der Waals surface area (Å²) in [5.41, 5.74) is 12.0. The van der Waals surface area contributed by atoms with E-state index in [-0.39, 0.29) is 62.4 Å². The second-order valence-electron chi connectivity index (χ2n) is 5.81. The molecule has 2 aromatic carbocycles. The molecule has 1 unspecified atom stereocenters. The van der Waals surface area contributed by atoms with Gasteiger partial charge in [-0.3, -0.25) is 0 Å². The van der Waals surface area contributed by atoms with Gasteiger partial charge in [-0.05, 0) is 51.8 Å². The molecule has 0 aliphatic rings. The van der Waals surface area contributed by atoms with Gasteiger partial charge in [0.15, 0.2) is 5.75 Å². The molecule has 2 aromatic rings. The van der Waals surface area contributed by atoms with Crippen LogP contribution in [0.4, 0.5) is 17.1 Å². The Bertz CT molecular complexity index is 758. The molecule has 0 heterocycles. The van der Waals surface area contributed by atoms with Crippen LogP contribution in [0.1, 0.15) is 92.5 Å². The van der Waals surface area contributed by atoms with E-state index >= 15 is 0 Å². The van der Waals surface area contributed by atoms with Gasteiger partial charge >= 0.3 is 0 Å². The van der Waals surface area contributed by atoms with Crippen LogP contribution in [0.25, 0.3) is 10.8 Å². The van der Waals surface area contributed by atoms with E-state index in [1.165, 1.54) is 7.05 Å². The maximum Gasteiger partial charge on any atom is 0.153 e. The quantitative estimate of drug-likeness (QED) is 0.297. The molecule has 0 aromatic heterocycles. The Labute approximate surface area is 206 Å². The number of fused-ring (bicyclic) bond motifs is 1. The monoisotopic (exact) mass is 470 g/mol. The lowest BCUT2D eigenvalue weighted by Gasteiger charge is -2.09. The Kier molecular flexibility index (Phi) is 37.4. The number of phenolic OH excluding ortho intramolecular Hbond substituents is 1. The molecule has 0 saturated heterocycles. The molecule has 1 atom stereocenters. The van der Waals surface area contributed by atoms with Crippen LogP contribution in [0, 0.1) is 0 Å². The Morgan fingerprint density at radius 3 is 1.64 bits per heavy atom. The lowest BCUT2D eigenvalue weighted by molar-refractivity contribution is 0.482. The number of nitrogens with two attached hydrogens (primary N) is 2. The van der Waals surface area contributed by atoms with Crippen LogP contribution in [0.5, 0.6) is 5.75 Å². The zero-order valence-electron chi connectivity index (χ0n) is 17.6. The topological polar surface area (TPSA) is 122 Å². The summed E-state index contributed by atoms with van der Waals surface area (Å²) in [6.45, 7) is 11.9. The Morgan fingerprint density at radius 2 is 1.21 bits per heavy atom. The van der Waals surface area contributed by atoms with Crippen LogP contribution >= 0.6 is 0 Å². The second-order valence-corrected chi connectivity index (χ2v) is 5.81. The highest BCUT2D eigenvalue weighted by atomic mass is 16.3. The third-order valence-corrected chi connectivity index (χ3v) is 3.50. The first kappa shape index (κ1) is 48.0. The summed E-state index contributed by atoms with van der Waals surface area (Å²) in [7, 11) is 1.50. The molecule has 0 radical (unpaired) electrons. The van der Waals surface area contributed by atoms with Crippen molar-refractivity contribution in [2.24, 2.45) is 26.2 Å². The lowest BCUT2D eigenvalue weighted by atomic mass is 10.1. The molecule has 0 saturated carbocycles. The standard InChI is InChI=1S/C17H23N5O.C2H6.CH5N.6CH4/c1-5-11(4)20-21-13-8-6-12-7-9-14(22-19-10(2)3)17(23)15(12)16(13)18;2*1-2;;;;;;/h6-11,23H,5,18H2,1-4H3;1-2H3;2H2,1H3;6*1H4.